The summed E-state index contributed by atoms with van der Waals surface area (Å²) in [4.78, 5) is 8.88. The Balaban J connectivity index is 2.34. The van der Waals surface area contributed by atoms with Gasteiger partial charge in [-0.2, -0.15) is 0 Å². The van der Waals surface area contributed by atoms with Gasteiger partial charge in [0.15, 0.2) is 5.65 Å². The van der Waals surface area contributed by atoms with Crippen molar-refractivity contribution in [3.63, 3.8) is 0 Å². The van der Waals surface area contributed by atoms with E-state index >= 15 is 0 Å². The SMILES string of the molecule is COCCn1c(CCCO)nc2cccnc21. The second-order valence-electron chi connectivity index (χ2n) is 3.85. The van der Waals surface area contributed by atoms with Crippen molar-refractivity contribution in [1.82, 2.24) is 14.5 Å². The first-order chi connectivity index (χ1) is 8.36. The third kappa shape index (κ3) is 2.62. The Labute approximate surface area is 100 Å². The molecule has 0 aliphatic carbocycles. The molecule has 0 unspecified atom stereocenters. The molecule has 0 radical (unpaired) electrons. The molecule has 2 heterocycles. The second-order valence-corrected chi connectivity index (χ2v) is 3.85. The molecular formula is C12H17N3O2. The van der Waals surface area contributed by atoms with Crippen LogP contribution in [0.15, 0.2) is 18.3 Å². The maximum absolute atomic E-state index is 8.89. The van der Waals surface area contributed by atoms with Gasteiger partial charge in [-0.15, -0.1) is 0 Å². The van der Waals surface area contributed by atoms with Crippen molar-refractivity contribution in [2.45, 2.75) is 19.4 Å². The highest BCUT2D eigenvalue weighted by Crippen LogP contribution is 2.14. The van der Waals surface area contributed by atoms with Crippen molar-refractivity contribution < 1.29 is 9.84 Å². The summed E-state index contributed by atoms with van der Waals surface area (Å²) in [7, 11) is 1.68. The summed E-state index contributed by atoms with van der Waals surface area (Å²) in [6.07, 6.45) is 3.25. The first kappa shape index (κ1) is 12.0. The van der Waals surface area contributed by atoms with E-state index in [0.717, 1.165) is 36.4 Å². The molecule has 2 aromatic rings. The molecule has 0 spiro atoms. The Morgan fingerprint density at radius 1 is 1.47 bits per heavy atom. The predicted octanol–water partition coefficient (Wildman–Crippen LogP) is 1.00. The average Bonchev–Trinajstić information content (AvgIpc) is 2.71. The monoisotopic (exact) mass is 235 g/mol. The van der Waals surface area contributed by atoms with Gasteiger partial charge >= 0.3 is 0 Å². The van der Waals surface area contributed by atoms with Crippen LogP contribution in [0.3, 0.4) is 0 Å². The minimum Gasteiger partial charge on any atom is -0.396 e. The summed E-state index contributed by atoms with van der Waals surface area (Å²) in [6, 6.07) is 3.83. The highest BCUT2D eigenvalue weighted by molar-refractivity contribution is 5.71. The van der Waals surface area contributed by atoms with Gasteiger partial charge in [-0.3, -0.25) is 0 Å². The van der Waals surface area contributed by atoms with E-state index in [1.54, 1.807) is 13.3 Å². The van der Waals surface area contributed by atoms with Crippen LogP contribution in [0, 0.1) is 0 Å². The Hall–Kier alpha value is -1.46. The number of pyridine rings is 1. The molecule has 1 N–H and O–H groups in total. The van der Waals surface area contributed by atoms with E-state index in [1.807, 2.05) is 12.1 Å². The highest BCUT2D eigenvalue weighted by atomic mass is 16.5. The van der Waals surface area contributed by atoms with Gasteiger partial charge in [0.05, 0.1) is 6.61 Å². The smallest absolute Gasteiger partial charge is 0.160 e. The first-order valence-corrected chi connectivity index (χ1v) is 5.76. The molecule has 0 aromatic carbocycles. The maximum atomic E-state index is 8.89. The summed E-state index contributed by atoms with van der Waals surface area (Å²) in [5, 5.41) is 8.89. The topological polar surface area (TPSA) is 60.2 Å². The zero-order valence-electron chi connectivity index (χ0n) is 9.96. The third-order valence-corrected chi connectivity index (χ3v) is 2.66. The average molecular weight is 235 g/mol. The minimum atomic E-state index is 0.181. The number of rotatable bonds is 6. The summed E-state index contributed by atoms with van der Waals surface area (Å²) >= 11 is 0. The van der Waals surface area contributed by atoms with Crippen molar-refractivity contribution >= 4 is 11.2 Å². The van der Waals surface area contributed by atoms with Crippen LogP contribution in [0.2, 0.25) is 0 Å². The molecule has 0 aliphatic heterocycles. The van der Waals surface area contributed by atoms with Gasteiger partial charge in [0.25, 0.3) is 0 Å². The van der Waals surface area contributed by atoms with E-state index in [4.69, 9.17) is 9.84 Å². The number of nitrogens with zero attached hydrogens (tertiary/aromatic N) is 3. The molecule has 0 amide bonds. The minimum absolute atomic E-state index is 0.181. The van der Waals surface area contributed by atoms with Crippen LogP contribution in [0.1, 0.15) is 12.2 Å². The van der Waals surface area contributed by atoms with Crippen LogP contribution in [0.4, 0.5) is 0 Å². The van der Waals surface area contributed by atoms with E-state index in [-0.39, 0.29) is 6.61 Å². The first-order valence-electron chi connectivity index (χ1n) is 5.76. The van der Waals surface area contributed by atoms with Crippen molar-refractivity contribution in [2.24, 2.45) is 0 Å². The number of fused-ring (bicyclic) bond motifs is 1. The number of aliphatic hydroxyl groups excluding tert-OH is 1. The number of aromatic nitrogens is 3. The molecular weight excluding hydrogens is 218 g/mol. The molecule has 0 fully saturated rings. The Morgan fingerprint density at radius 2 is 2.35 bits per heavy atom. The Bertz CT molecular complexity index is 482. The fraction of sp³-hybridized carbons (Fsp3) is 0.500. The predicted molar refractivity (Wildman–Crippen MR) is 64.8 cm³/mol. The van der Waals surface area contributed by atoms with Gasteiger partial charge in [-0.25, -0.2) is 9.97 Å². The number of methoxy groups -OCH3 is 1. The molecule has 0 aliphatic rings. The quantitative estimate of drug-likeness (QED) is 0.811. The van der Waals surface area contributed by atoms with Crippen LogP contribution >= 0.6 is 0 Å². The summed E-state index contributed by atoms with van der Waals surface area (Å²) in [5.74, 6) is 0.963. The fourth-order valence-electron chi connectivity index (χ4n) is 1.85. The van der Waals surface area contributed by atoms with Crippen molar-refractivity contribution in [1.29, 1.82) is 0 Å². The van der Waals surface area contributed by atoms with Gasteiger partial charge in [-0.1, -0.05) is 0 Å². The van der Waals surface area contributed by atoms with E-state index in [1.165, 1.54) is 0 Å². The lowest BCUT2D eigenvalue weighted by Gasteiger charge is -2.07. The maximum Gasteiger partial charge on any atom is 0.160 e. The molecule has 0 saturated carbocycles. The van der Waals surface area contributed by atoms with E-state index in [0.29, 0.717) is 6.61 Å². The summed E-state index contributed by atoms with van der Waals surface area (Å²) < 4.78 is 7.16. The summed E-state index contributed by atoms with van der Waals surface area (Å²) in [6.45, 7) is 1.56. The van der Waals surface area contributed by atoms with Gasteiger partial charge < -0.3 is 14.4 Å². The molecule has 5 heteroatoms. The number of aryl methyl sites for hydroxylation is 1. The number of imidazole rings is 1. The van der Waals surface area contributed by atoms with Gasteiger partial charge in [0.1, 0.15) is 11.3 Å². The van der Waals surface area contributed by atoms with Crippen LogP contribution in [0.25, 0.3) is 11.2 Å². The van der Waals surface area contributed by atoms with Crippen molar-refractivity contribution in [3.05, 3.63) is 24.2 Å². The molecule has 0 atom stereocenters. The molecule has 0 saturated heterocycles. The molecule has 5 nitrogen and oxygen atoms in total. The Kier molecular flexibility index (Phi) is 4.06. The molecule has 0 bridgehead atoms. The molecule has 2 aromatic heterocycles. The van der Waals surface area contributed by atoms with Crippen molar-refractivity contribution in [2.75, 3.05) is 20.3 Å². The van der Waals surface area contributed by atoms with Gasteiger partial charge in [-0.05, 0) is 18.6 Å². The zero-order valence-corrected chi connectivity index (χ0v) is 9.96. The van der Waals surface area contributed by atoms with Gasteiger partial charge in [0, 0.05) is 32.9 Å². The number of hydrogen-bond acceptors (Lipinski definition) is 4. The lowest BCUT2D eigenvalue weighted by Crippen LogP contribution is -2.09. The normalized spacial score (nSPS) is 11.2. The standard InChI is InChI=1S/C12H17N3O2/c1-17-9-7-15-11(5-3-8-16)14-10-4-2-6-13-12(10)15/h2,4,6,16H,3,5,7-9H2,1H3. The number of ether oxygens (including phenoxy) is 1. The second kappa shape index (κ2) is 5.75. The van der Waals surface area contributed by atoms with Crippen LogP contribution in [-0.4, -0.2) is 40.0 Å². The van der Waals surface area contributed by atoms with Crippen LogP contribution < -0.4 is 0 Å². The third-order valence-electron chi connectivity index (χ3n) is 2.66. The van der Waals surface area contributed by atoms with E-state index in [9.17, 15) is 0 Å². The van der Waals surface area contributed by atoms with Crippen LogP contribution in [-0.2, 0) is 17.7 Å². The van der Waals surface area contributed by atoms with E-state index in [2.05, 4.69) is 14.5 Å². The number of aliphatic hydroxyl groups is 1. The molecule has 2 rings (SSSR count). The van der Waals surface area contributed by atoms with Crippen LogP contribution in [0.5, 0.6) is 0 Å². The van der Waals surface area contributed by atoms with Gasteiger partial charge in [0.2, 0.25) is 0 Å². The zero-order chi connectivity index (χ0) is 12.1. The van der Waals surface area contributed by atoms with Crippen molar-refractivity contribution in [3.8, 4) is 0 Å². The molecule has 17 heavy (non-hydrogen) atoms. The fourth-order valence-corrected chi connectivity index (χ4v) is 1.85. The lowest BCUT2D eigenvalue weighted by molar-refractivity contribution is 0.187. The molecule has 92 valence electrons. The Morgan fingerprint density at radius 3 is 3.12 bits per heavy atom. The summed E-state index contributed by atoms with van der Waals surface area (Å²) in [5.41, 5.74) is 1.79. The largest absolute Gasteiger partial charge is 0.396 e. The number of hydrogen-bond donors (Lipinski definition) is 1. The highest BCUT2D eigenvalue weighted by Gasteiger charge is 2.10. The van der Waals surface area contributed by atoms with E-state index < -0.39 is 0 Å². The lowest BCUT2D eigenvalue weighted by atomic mass is 10.3.